The van der Waals surface area contributed by atoms with Crippen LogP contribution in [0.1, 0.15) is 252 Å². The smallest absolute Gasteiger partial charge is 0.306 e. The van der Waals surface area contributed by atoms with Gasteiger partial charge in [-0.05, 0) is 19.3 Å². The first-order valence-corrected chi connectivity index (χ1v) is 22.5. The Bertz CT molecular complexity index is 753. The van der Waals surface area contributed by atoms with Gasteiger partial charge in [-0.2, -0.15) is 0 Å². The van der Waals surface area contributed by atoms with Crippen LogP contribution in [0.25, 0.3) is 0 Å². The summed E-state index contributed by atoms with van der Waals surface area (Å²) in [4.78, 5) is 37.6. The van der Waals surface area contributed by atoms with Crippen molar-refractivity contribution in [3.63, 3.8) is 0 Å². The molecule has 0 aromatic carbocycles. The summed E-state index contributed by atoms with van der Waals surface area (Å²) in [5.74, 6) is -0.855. The second-order valence-electron chi connectivity index (χ2n) is 15.3. The minimum absolute atomic E-state index is 0.0630. The second-order valence-corrected chi connectivity index (χ2v) is 15.3. The largest absolute Gasteiger partial charge is 0.462 e. The number of esters is 3. The Labute approximate surface area is 317 Å². The molecule has 302 valence electrons. The van der Waals surface area contributed by atoms with E-state index in [-0.39, 0.29) is 31.1 Å². The van der Waals surface area contributed by atoms with Crippen LogP contribution in [0.4, 0.5) is 0 Å². The fraction of sp³-hybridized carbons (Fsp3) is 0.933. The predicted molar refractivity (Wildman–Crippen MR) is 215 cm³/mol. The highest BCUT2D eigenvalue weighted by molar-refractivity contribution is 5.71. The van der Waals surface area contributed by atoms with E-state index < -0.39 is 6.10 Å². The summed E-state index contributed by atoms with van der Waals surface area (Å²) in [7, 11) is 0. The van der Waals surface area contributed by atoms with E-state index in [2.05, 4.69) is 20.8 Å². The molecule has 0 aliphatic carbocycles. The average molecular weight is 723 g/mol. The lowest BCUT2D eigenvalue weighted by Crippen LogP contribution is -2.30. The first-order valence-electron chi connectivity index (χ1n) is 22.5. The number of hydrogen-bond donors (Lipinski definition) is 0. The summed E-state index contributed by atoms with van der Waals surface area (Å²) in [5, 5.41) is 0. The fourth-order valence-electron chi connectivity index (χ4n) is 6.68. The quantitative estimate of drug-likeness (QED) is 0.0355. The molecular formula is C45H86O6. The molecule has 0 heterocycles. The minimum Gasteiger partial charge on any atom is -0.462 e. The first-order chi connectivity index (χ1) is 25.0. The van der Waals surface area contributed by atoms with Crippen molar-refractivity contribution in [1.29, 1.82) is 0 Å². The lowest BCUT2D eigenvalue weighted by Gasteiger charge is -2.18. The van der Waals surface area contributed by atoms with Crippen molar-refractivity contribution in [2.24, 2.45) is 0 Å². The van der Waals surface area contributed by atoms with E-state index in [1.54, 1.807) is 0 Å². The predicted octanol–water partition coefficient (Wildman–Crippen LogP) is 14.1. The highest BCUT2D eigenvalue weighted by Gasteiger charge is 2.19. The molecule has 1 atom stereocenters. The molecule has 0 unspecified atom stereocenters. The molecule has 51 heavy (non-hydrogen) atoms. The topological polar surface area (TPSA) is 78.9 Å². The highest BCUT2D eigenvalue weighted by atomic mass is 16.6. The molecule has 0 bridgehead atoms. The first kappa shape index (κ1) is 49.4. The van der Waals surface area contributed by atoms with E-state index >= 15 is 0 Å². The fourth-order valence-corrected chi connectivity index (χ4v) is 6.68. The zero-order chi connectivity index (χ0) is 37.3. The molecule has 0 aliphatic rings. The standard InChI is InChI=1S/C45H86O6/c1-4-7-10-13-16-19-21-22-24-27-30-33-36-39-45(48)51-42(40-49-43(46)37-34-31-28-25-18-15-12-9-6-3)41-50-44(47)38-35-32-29-26-23-20-17-14-11-8-5-2/h42H,4-41H2,1-3H3/t42-/m0/s1. The number of rotatable bonds is 41. The summed E-state index contributed by atoms with van der Waals surface area (Å²) in [6, 6.07) is 0. The molecule has 0 aromatic rings. The van der Waals surface area contributed by atoms with E-state index in [1.807, 2.05) is 0 Å². The van der Waals surface area contributed by atoms with E-state index in [4.69, 9.17) is 14.2 Å². The van der Waals surface area contributed by atoms with Gasteiger partial charge in [0.1, 0.15) is 13.2 Å². The van der Waals surface area contributed by atoms with Gasteiger partial charge in [0.25, 0.3) is 0 Å². The average Bonchev–Trinajstić information content (AvgIpc) is 3.12. The normalized spacial score (nSPS) is 11.8. The molecule has 0 radical (unpaired) electrons. The molecule has 0 aromatic heterocycles. The van der Waals surface area contributed by atoms with Gasteiger partial charge in [0.05, 0.1) is 0 Å². The summed E-state index contributed by atoms with van der Waals surface area (Å²) >= 11 is 0. The zero-order valence-electron chi connectivity index (χ0n) is 34.4. The van der Waals surface area contributed by atoms with Crippen molar-refractivity contribution in [3.8, 4) is 0 Å². The van der Waals surface area contributed by atoms with Gasteiger partial charge in [0.15, 0.2) is 6.10 Å². The summed E-state index contributed by atoms with van der Waals surface area (Å²) in [6.07, 6.45) is 40.8. The summed E-state index contributed by atoms with van der Waals surface area (Å²) in [5.41, 5.74) is 0. The Balaban J connectivity index is 4.31. The van der Waals surface area contributed by atoms with Crippen LogP contribution >= 0.6 is 0 Å². The molecule has 6 heteroatoms. The Hall–Kier alpha value is -1.59. The van der Waals surface area contributed by atoms with Crippen molar-refractivity contribution in [1.82, 2.24) is 0 Å². The number of ether oxygens (including phenoxy) is 3. The molecule has 0 saturated carbocycles. The van der Waals surface area contributed by atoms with Crippen LogP contribution in [0.3, 0.4) is 0 Å². The number of carbonyl (C=O) groups excluding carboxylic acids is 3. The monoisotopic (exact) mass is 723 g/mol. The molecule has 0 spiro atoms. The highest BCUT2D eigenvalue weighted by Crippen LogP contribution is 2.15. The van der Waals surface area contributed by atoms with Crippen LogP contribution < -0.4 is 0 Å². The third-order valence-corrected chi connectivity index (χ3v) is 10.1. The van der Waals surface area contributed by atoms with Gasteiger partial charge >= 0.3 is 17.9 Å². The minimum atomic E-state index is -0.757. The van der Waals surface area contributed by atoms with Gasteiger partial charge < -0.3 is 14.2 Å². The van der Waals surface area contributed by atoms with Gasteiger partial charge in [-0.3, -0.25) is 14.4 Å². The second kappa shape index (κ2) is 41.2. The lowest BCUT2D eigenvalue weighted by atomic mass is 10.0. The van der Waals surface area contributed by atoms with Crippen LogP contribution in [0.2, 0.25) is 0 Å². The van der Waals surface area contributed by atoms with E-state index in [0.29, 0.717) is 19.3 Å². The van der Waals surface area contributed by atoms with Crippen LogP contribution in [0.5, 0.6) is 0 Å². The molecule has 0 rings (SSSR count). The summed E-state index contributed by atoms with van der Waals surface area (Å²) in [6.45, 7) is 6.62. The maximum Gasteiger partial charge on any atom is 0.306 e. The Morgan fingerprint density at radius 1 is 0.314 bits per heavy atom. The lowest BCUT2D eigenvalue weighted by molar-refractivity contribution is -0.167. The van der Waals surface area contributed by atoms with E-state index in [9.17, 15) is 14.4 Å². The Morgan fingerprint density at radius 2 is 0.529 bits per heavy atom. The molecule has 0 aliphatic heterocycles. The molecular weight excluding hydrogens is 636 g/mol. The Kier molecular flexibility index (Phi) is 39.9. The SMILES string of the molecule is CCCCCCCCCCCCCCCC(=O)O[C@@H](COC(=O)CCCCCCCCCCC)COC(=O)CCCCCCCCCCCCC. The molecule has 0 fully saturated rings. The van der Waals surface area contributed by atoms with Gasteiger partial charge in [-0.1, -0.05) is 213 Å². The van der Waals surface area contributed by atoms with Crippen LogP contribution in [0, 0.1) is 0 Å². The van der Waals surface area contributed by atoms with Crippen molar-refractivity contribution >= 4 is 17.9 Å². The number of carbonyl (C=O) groups is 3. The molecule has 0 N–H and O–H groups in total. The van der Waals surface area contributed by atoms with Gasteiger partial charge in [-0.15, -0.1) is 0 Å². The molecule has 0 amide bonds. The number of hydrogen-bond acceptors (Lipinski definition) is 6. The third-order valence-electron chi connectivity index (χ3n) is 10.1. The van der Waals surface area contributed by atoms with Crippen LogP contribution in [-0.4, -0.2) is 37.2 Å². The van der Waals surface area contributed by atoms with E-state index in [1.165, 1.54) is 154 Å². The van der Waals surface area contributed by atoms with Gasteiger partial charge in [0, 0.05) is 19.3 Å². The van der Waals surface area contributed by atoms with Crippen molar-refractivity contribution < 1.29 is 28.6 Å². The maximum atomic E-state index is 12.7. The summed E-state index contributed by atoms with van der Waals surface area (Å²) < 4.78 is 16.7. The Morgan fingerprint density at radius 3 is 0.784 bits per heavy atom. The third kappa shape index (κ3) is 39.5. The molecule has 0 saturated heterocycles. The van der Waals surface area contributed by atoms with Crippen molar-refractivity contribution in [2.75, 3.05) is 13.2 Å². The number of unbranched alkanes of at least 4 members (excludes halogenated alkanes) is 30. The van der Waals surface area contributed by atoms with Crippen molar-refractivity contribution in [3.05, 3.63) is 0 Å². The van der Waals surface area contributed by atoms with Crippen LogP contribution in [-0.2, 0) is 28.6 Å². The van der Waals surface area contributed by atoms with Crippen molar-refractivity contribution in [2.45, 2.75) is 258 Å². The van der Waals surface area contributed by atoms with Gasteiger partial charge in [-0.25, -0.2) is 0 Å². The zero-order valence-corrected chi connectivity index (χ0v) is 34.4. The molecule has 6 nitrogen and oxygen atoms in total. The van der Waals surface area contributed by atoms with E-state index in [0.717, 1.165) is 57.8 Å². The van der Waals surface area contributed by atoms with Crippen LogP contribution in [0.15, 0.2) is 0 Å². The maximum absolute atomic E-state index is 12.7. The van der Waals surface area contributed by atoms with Gasteiger partial charge in [0.2, 0.25) is 0 Å².